The highest BCUT2D eigenvalue weighted by Crippen LogP contribution is 2.31. The summed E-state index contributed by atoms with van der Waals surface area (Å²) in [5.74, 6) is 1.27. The third-order valence-corrected chi connectivity index (χ3v) is 6.57. The molecule has 1 amide bonds. The number of amides is 1. The van der Waals surface area contributed by atoms with Crippen molar-refractivity contribution in [2.75, 3.05) is 33.9 Å². The van der Waals surface area contributed by atoms with E-state index >= 15 is 0 Å². The van der Waals surface area contributed by atoms with Gasteiger partial charge in [-0.1, -0.05) is 0 Å². The molecule has 0 saturated carbocycles. The maximum Gasteiger partial charge on any atom is 0.255 e. The summed E-state index contributed by atoms with van der Waals surface area (Å²) in [5, 5.41) is 0.998. The molecule has 10 heteroatoms. The number of hydrogen-bond donors (Lipinski definition) is 1. The largest absolute Gasteiger partial charge is 0.481 e. The Labute approximate surface area is 203 Å². The summed E-state index contributed by atoms with van der Waals surface area (Å²) in [5.41, 5.74) is 9.75. The molecule has 35 heavy (non-hydrogen) atoms. The van der Waals surface area contributed by atoms with Gasteiger partial charge in [-0.15, -0.1) is 0 Å². The number of pyridine rings is 2. The quantitative estimate of drug-likeness (QED) is 0.435. The fourth-order valence-electron chi connectivity index (χ4n) is 4.82. The molecular formula is C25H31N7O3. The van der Waals surface area contributed by atoms with Crippen molar-refractivity contribution in [1.82, 2.24) is 29.0 Å². The average molecular weight is 478 g/mol. The predicted octanol–water partition coefficient (Wildman–Crippen LogP) is 2.69. The molecule has 1 fully saturated rings. The summed E-state index contributed by atoms with van der Waals surface area (Å²) in [6, 6.07) is 7.78. The number of aryl methyl sites for hydroxylation is 1. The molecule has 1 atom stereocenters. The zero-order valence-corrected chi connectivity index (χ0v) is 20.4. The number of fused-ring (bicyclic) bond motifs is 2. The van der Waals surface area contributed by atoms with Crippen molar-refractivity contribution in [2.24, 2.45) is 5.73 Å². The number of nitrogens with zero attached hydrogens (tertiary/aromatic N) is 6. The second-order valence-corrected chi connectivity index (χ2v) is 8.84. The van der Waals surface area contributed by atoms with Crippen LogP contribution < -0.4 is 10.5 Å². The number of aromatic nitrogens is 5. The van der Waals surface area contributed by atoms with Gasteiger partial charge in [-0.05, 0) is 38.0 Å². The Kier molecular flexibility index (Phi) is 6.40. The van der Waals surface area contributed by atoms with E-state index in [9.17, 15) is 4.79 Å². The highest BCUT2D eigenvalue weighted by molar-refractivity contribution is 5.97. The first kappa shape index (κ1) is 23.3. The lowest BCUT2D eigenvalue weighted by atomic mass is 10.1. The van der Waals surface area contributed by atoms with Crippen molar-refractivity contribution in [3.63, 3.8) is 0 Å². The predicted molar refractivity (Wildman–Crippen MR) is 133 cm³/mol. The van der Waals surface area contributed by atoms with Crippen LogP contribution in [0.5, 0.6) is 5.88 Å². The SMILES string of the molecule is CCn1c(-c2nc3cc(C(=O)N4CCC[C@@H](N)C4)cnc3n2CCOC)cc2ccc(OC)nc21. The molecule has 4 aromatic heterocycles. The van der Waals surface area contributed by atoms with E-state index in [0.29, 0.717) is 55.4 Å². The Balaban J connectivity index is 1.62. The van der Waals surface area contributed by atoms with E-state index in [-0.39, 0.29) is 11.9 Å². The highest BCUT2D eigenvalue weighted by atomic mass is 16.5. The minimum absolute atomic E-state index is 0.0208. The zero-order valence-electron chi connectivity index (χ0n) is 20.4. The van der Waals surface area contributed by atoms with Crippen LogP contribution in [0, 0.1) is 0 Å². The Morgan fingerprint density at radius 1 is 1.17 bits per heavy atom. The first-order chi connectivity index (χ1) is 17.0. The standard InChI is InChI=1S/C25H31N7O3/c1-4-31-20(13-16-7-8-21(35-3)29-22(16)31)24-28-19-12-17(14-27-23(19)32(24)10-11-34-2)25(33)30-9-5-6-18(26)15-30/h7-8,12-14,18H,4-6,9-11,15,26H2,1-3H3/t18-/m1/s1. The smallest absolute Gasteiger partial charge is 0.255 e. The molecule has 1 aliphatic heterocycles. The van der Waals surface area contributed by atoms with E-state index < -0.39 is 0 Å². The Hall–Kier alpha value is -3.50. The average Bonchev–Trinajstić information content (AvgIpc) is 3.43. The molecule has 0 bridgehead atoms. The molecule has 4 aromatic rings. The monoisotopic (exact) mass is 477 g/mol. The van der Waals surface area contributed by atoms with Crippen molar-refractivity contribution in [3.8, 4) is 17.4 Å². The van der Waals surface area contributed by atoms with Gasteiger partial charge in [0.15, 0.2) is 11.5 Å². The number of piperidine rings is 1. The number of hydrogen-bond acceptors (Lipinski definition) is 7. The molecule has 2 N–H and O–H groups in total. The highest BCUT2D eigenvalue weighted by Gasteiger charge is 2.25. The number of nitrogens with two attached hydrogens (primary N) is 1. The fraction of sp³-hybridized carbons (Fsp3) is 0.440. The second kappa shape index (κ2) is 9.63. The van der Waals surface area contributed by atoms with Crippen LogP contribution >= 0.6 is 0 Å². The van der Waals surface area contributed by atoms with Crippen LogP contribution in [0.3, 0.4) is 0 Å². The van der Waals surface area contributed by atoms with Crippen LogP contribution in [0.4, 0.5) is 0 Å². The lowest BCUT2D eigenvalue weighted by Gasteiger charge is -2.30. The third-order valence-electron chi connectivity index (χ3n) is 6.57. The Bertz CT molecular complexity index is 1380. The lowest BCUT2D eigenvalue weighted by Crippen LogP contribution is -2.45. The molecular weight excluding hydrogens is 446 g/mol. The first-order valence-electron chi connectivity index (χ1n) is 12.0. The van der Waals surface area contributed by atoms with Crippen LogP contribution in [0.2, 0.25) is 0 Å². The first-order valence-corrected chi connectivity index (χ1v) is 12.0. The van der Waals surface area contributed by atoms with Crippen molar-refractivity contribution in [1.29, 1.82) is 0 Å². The summed E-state index contributed by atoms with van der Waals surface area (Å²) in [6.45, 7) is 5.14. The Morgan fingerprint density at radius 3 is 2.77 bits per heavy atom. The number of rotatable bonds is 7. The van der Waals surface area contributed by atoms with Gasteiger partial charge in [-0.25, -0.2) is 9.97 Å². The molecule has 0 aromatic carbocycles. The molecule has 5 heterocycles. The van der Waals surface area contributed by atoms with Gasteiger partial charge in [-0.3, -0.25) is 4.79 Å². The van der Waals surface area contributed by atoms with Crippen molar-refractivity contribution in [3.05, 3.63) is 36.0 Å². The maximum absolute atomic E-state index is 13.2. The molecule has 184 valence electrons. The fourth-order valence-corrected chi connectivity index (χ4v) is 4.82. The van der Waals surface area contributed by atoms with Crippen molar-refractivity contribution >= 4 is 28.1 Å². The van der Waals surface area contributed by atoms with Crippen LogP contribution in [-0.4, -0.2) is 74.9 Å². The second-order valence-electron chi connectivity index (χ2n) is 8.84. The van der Waals surface area contributed by atoms with Crippen molar-refractivity contribution in [2.45, 2.75) is 38.9 Å². The normalized spacial score (nSPS) is 16.3. The maximum atomic E-state index is 13.2. The summed E-state index contributed by atoms with van der Waals surface area (Å²) < 4.78 is 14.9. The van der Waals surface area contributed by atoms with Gasteiger partial charge >= 0.3 is 0 Å². The number of ether oxygens (including phenoxy) is 2. The number of methoxy groups -OCH3 is 2. The summed E-state index contributed by atoms with van der Waals surface area (Å²) in [6.07, 6.45) is 3.50. The van der Waals surface area contributed by atoms with Crippen LogP contribution in [-0.2, 0) is 17.8 Å². The van der Waals surface area contributed by atoms with E-state index in [2.05, 4.69) is 27.5 Å². The summed E-state index contributed by atoms with van der Waals surface area (Å²) in [4.78, 5) is 29.2. The van der Waals surface area contributed by atoms with Crippen molar-refractivity contribution < 1.29 is 14.3 Å². The van der Waals surface area contributed by atoms with E-state index in [0.717, 1.165) is 35.4 Å². The molecule has 0 unspecified atom stereocenters. The number of likely N-dealkylation sites (tertiary alicyclic amines) is 1. The van der Waals surface area contributed by atoms with Gasteiger partial charge in [0.1, 0.15) is 11.2 Å². The molecule has 1 aliphatic rings. The van der Waals surface area contributed by atoms with Gasteiger partial charge in [-0.2, -0.15) is 4.98 Å². The van der Waals surface area contributed by atoms with E-state index in [1.807, 2.05) is 27.7 Å². The van der Waals surface area contributed by atoms with Crippen LogP contribution in [0.1, 0.15) is 30.1 Å². The van der Waals surface area contributed by atoms with Gasteiger partial charge in [0.2, 0.25) is 5.88 Å². The number of carbonyl (C=O) groups is 1. The molecule has 1 saturated heterocycles. The van der Waals surface area contributed by atoms with Gasteiger partial charge in [0.25, 0.3) is 5.91 Å². The van der Waals surface area contributed by atoms with E-state index in [1.54, 1.807) is 20.4 Å². The van der Waals surface area contributed by atoms with E-state index in [1.165, 1.54) is 0 Å². The molecule has 10 nitrogen and oxygen atoms in total. The van der Waals surface area contributed by atoms with E-state index in [4.69, 9.17) is 20.2 Å². The zero-order chi connectivity index (χ0) is 24.5. The lowest BCUT2D eigenvalue weighted by molar-refractivity contribution is 0.0708. The van der Waals surface area contributed by atoms with Crippen LogP contribution in [0.15, 0.2) is 30.5 Å². The number of carbonyl (C=O) groups excluding carboxylic acids is 1. The molecule has 0 aliphatic carbocycles. The summed E-state index contributed by atoms with van der Waals surface area (Å²) >= 11 is 0. The van der Waals surface area contributed by atoms with Gasteiger partial charge < -0.3 is 29.2 Å². The summed E-state index contributed by atoms with van der Waals surface area (Å²) in [7, 11) is 3.28. The minimum atomic E-state index is -0.0542. The topological polar surface area (TPSA) is 113 Å². The third kappa shape index (κ3) is 4.23. The van der Waals surface area contributed by atoms with Gasteiger partial charge in [0.05, 0.1) is 25.0 Å². The molecule has 5 rings (SSSR count). The minimum Gasteiger partial charge on any atom is -0.481 e. The Morgan fingerprint density at radius 2 is 2.03 bits per heavy atom. The van der Waals surface area contributed by atoms with Crippen LogP contribution in [0.25, 0.3) is 33.7 Å². The molecule has 0 spiro atoms. The molecule has 0 radical (unpaired) electrons. The number of imidazole rings is 1. The van der Waals surface area contributed by atoms with Gasteiger partial charge in [0, 0.05) is 57.0 Å².